The summed E-state index contributed by atoms with van der Waals surface area (Å²) < 4.78 is 0. The van der Waals surface area contributed by atoms with Gasteiger partial charge in [0, 0.05) is 5.56 Å². The Hall–Kier alpha value is -2.29. The predicted octanol–water partition coefficient (Wildman–Crippen LogP) is 2.70. The molecular weight excluding hydrogens is 228 g/mol. The van der Waals surface area contributed by atoms with Crippen LogP contribution in [0.5, 0.6) is 11.5 Å². The van der Waals surface area contributed by atoms with Gasteiger partial charge in [0.2, 0.25) is 0 Å². The lowest BCUT2D eigenvalue weighted by Crippen LogP contribution is -1.91. The Balaban J connectivity index is 2.01. The maximum absolute atomic E-state index is 10.5. The summed E-state index contributed by atoms with van der Waals surface area (Å²) in [5.74, 6) is -0.196. The molecule has 0 fully saturated rings. The summed E-state index contributed by atoms with van der Waals surface area (Å²) in [6.07, 6.45) is 2.42. The van der Waals surface area contributed by atoms with Gasteiger partial charge in [-0.25, -0.2) is 0 Å². The Morgan fingerprint density at radius 1 is 0.833 bits per heavy atom. The molecular formula is C15H14O3. The van der Waals surface area contributed by atoms with Gasteiger partial charge in [0.1, 0.15) is 6.29 Å². The zero-order valence-corrected chi connectivity index (χ0v) is 9.84. The Morgan fingerprint density at radius 2 is 1.44 bits per heavy atom. The van der Waals surface area contributed by atoms with Gasteiger partial charge < -0.3 is 10.2 Å². The number of hydrogen-bond donors (Lipinski definition) is 2. The van der Waals surface area contributed by atoms with E-state index >= 15 is 0 Å². The van der Waals surface area contributed by atoms with Crippen molar-refractivity contribution in [3.05, 3.63) is 59.2 Å². The molecule has 0 unspecified atom stereocenters. The number of carbonyl (C=O) groups excluding carboxylic acids is 1. The second kappa shape index (κ2) is 5.36. The van der Waals surface area contributed by atoms with Gasteiger partial charge in [-0.3, -0.25) is 4.79 Å². The Kier molecular flexibility index (Phi) is 3.63. The summed E-state index contributed by atoms with van der Waals surface area (Å²) in [5, 5.41) is 18.6. The summed E-state index contributed by atoms with van der Waals surface area (Å²) in [4.78, 5) is 10.5. The molecule has 0 atom stereocenters. The van der Waals surface area contributed by atoms with Crippen molar-refractivity contribution in [1.29, 1.82) is 0 Å². The first-order chi connectivity index (χ1) is 8.69. The zero-order valence-electron chi connectivity index (χ0n) is 9.84. The SMILES string of the molecule is O=Cc1ccc(CCc2ccc(O)c(O)c2)cc1. The average Bonchev–Trinajstić information content (AvgIpc) is 2.41. The van der Waals surface area contributed by atoms with E-state index in [2.05, 4.69) is 0 Å². The van der Waals surface area contributed by atoms with Crippen molar-refractivity contribution in [3.8, 4) is 11.5 Å². The lowest BCUT2D eigenvalue weighted by Gasteiger charge is -2.04. The molecule has 18 heavy (non-hydrogen) atoms. The van der Waals surface area contributed by atoms with Crippen molar-refractivity contribution in [2.75, 3.05) is 0 Å². The van der Waals surface area contributed by atoms with E-state index in [-0.39, 0.29) is 11.5 Å². The second-order valence-electron chi connectivity index (χ2n) is 4.18. The first-order valence-electron chi connectivity index (χ1n) is 5.74. The number of phenols is 2. The number of aldehydes is 1. The van der Waals surface area contributed by atoms with Gasteiger partial charge in [-0.2, -0.15) is 0 Å². The molecule has 0 saturated carbocycles. The van der Waals surface area contributed by atoms with Crippen molar-refractivity contribution >= 4 is 6.29 Å². The molecule has 0 aromatic heterocycles. The molecule has 0 aliphatic heterocycles. The third kappa shape index (κ3) is 2.88. The van der Waals surface area contributed by atoms with E-state index in [4.69, 9.17) is 0 Å². The fraction of sp³-hybridized carbons (Fsp3) is 0.133. The molecule has 3 nitrogen and oxygen atoms in total. The third-order valence-electron chi connectivity index (χ3n) is 2.86. The van der Waals surface area contributed by atoms with E-state index in [9.17, 15) is 15.0 Å². The van der Waals surface area contributed by atoms with E-state index in [1.54, 1.807) is 24.3 Å². The molecule has 0 bridgehead atoms. The molecule has 0 radical (unpaired) electrons. The van der Waals surface area contributed by atoms with E-state index in [0.29, 0.717) is 5.56 Å². The molecule has 2 aromatic rings. The Morgan fingerprint density at radius 3 is 2.06 bits per heavy atom. The number of rotatable bonds is 4. The van der Waals surface area contributed by atoms with E-state index in [0.717, 1.165) is 30.3 Å². The number of aromatic hydroxyl groups is 2. The van der Waals surface area contributed by atoms with Crippen LogP contribution in [0.25, 0.3) is 0 Å². The molecule has 2 rings (SSSR count). The highest BCUT2D eigenvalue weighted by molar-refractivity contribution is 5.74. The molecule has 3 heteroatoms. The smallest absolute Gasteiger partial charge is 0.157 e. The van der Waals surface area contributed by atoms with Gasteiger partial charge in [0.05, 0.1) is 0 Å². The quantitative estimate of drug-likeness (QED) is 0.640. The summed E-state index contributed by atoms with van der Waals surface area (Å²) in [5.41, 5.74) is 2.76. The van der Waals surface area contributed by atoms with Crippen LogP contribution < -0.4 is 0 Å². The van der Waals surface area contributed by atoms with Gasteiger partial charge in [0.25, 0.3) is 0 Å². The summed E-state index contributed by atoms with van der Waals surface area (Å²) in [7, 11) is 0. The maximum atomic E-state index is 10.5. The number of phenolic OH excluding ortho intramolecular Hbond substituents is 2. The standard InChI is InChI=1S/C15H14O3/c16-10-13-5-2-11(3-6-13)1-4-12-7-8-14(17)15(18)9-12/h2-3,5-10,17-18H,1,4H2. The van der Waals surface area contributed by atoms with Gasteiger partial charge in [-0.15, -0.1) is 0 Å². The first-order valence-corrected chi connectivity index (χ1v) is 5.74. The van der Waals surface area contributed by atoms with Gasteiger partial charge in [0.15, 0.2) is 11.5 Å². The normalized spacial score (nSPS) is 10.2. The van der Waals surface area contributed by atoms with Crippen LogP contribution in [0.1, 0.15) is 21.5 Å². The minimum atomic E-state index is -0.103. The lowest BCUT2D eigenvalue weighted by atomic mass is 10.0. The molecule has 2 N–H and O–H groups in total. The number of benzene rings is 2. The van der Waals surface area contributed by atoms with Crippen LogP contribution in [0.3, 0.4) is 0 Å². The fourth-order valence-electron chi connectivity index (χ4n) is 1.78. The summed E-state index contributed by atoms with van der Waals surface area (Å²) in [6, 6.07) is 12.3. The van der Waals surface area contributed by atoms with Crippen LogP contribution in [0.4, 0.5) is 0 Å². The number of aryl methyl sites for hydroxylation is 2. The minimum Gasteiger partial charge on any atom is -0.504 e. The second-order valence-corrected chi connectivity index (χ2v) is 4.18. The maximum Gasteiger partial charge on any atom is 0.157 e. The zero-order chi connectivity index (χ0) is 13.0. The minimum absolute atomic E-state index is 0.0937. The van der Waals surface area contributed by atoms with E-state index in [1.807, 2.05) is 12.1 Å². The van der Waals surface area contributed by atoms with Crippen molar-refractivity contribution in [3.63, 3.8) is 0 Å². The molecule has 0 heterocycles. The average molecular weight is 242 g/mol. The molecule has 0 spiro atoms. The van der Waals surface area contributed by atoms with Crippen molar-refractivity contribution in [2.24, 2.45) is 0 Å². The van der Waals surface area contributed by atoms with E-state index in [1.165, 1.54) is 6.07 Å². The van der Waals surface area contributed by atoms with Crippen LogP contribution in [-0.4, -0.2) is 16.5 Å². The van der Waals surface area contributed by atoms with Crippen LogP contribution in [-0.2, 0) is 12.8 Å². The topological polar surface area (TPSA) is 57.5 Å². The molecule has 2 aromatic carbocycles. The lowest BCUT2D eigenvalue weighted by molar-refractivity contribution is 0.112. The highest BCUT2D eigenvalue weighted by Gasteiger charge is 2.01. The molecule has 0 aliphatic rings. The molecule has 92 valence electrons. The van der Waals surface area contributed by atoms with Gasteiger partial charge >= 0.3 is 0 Å². The van der Waals surface area contributed by atoms with E-state index < -0.39 is 0 Å². The fourth-order valence-corrected chi connectivity index (χ4v) is 1.78. The van der Waals surface area contributed by atoms with Crippen molar-refractivity contribution < 1.29 is 15.0 Å². The van der Waals surface area contributed by atoms with Gasteiger partial charge in [-0.1, -0.05) is 30.3 Å². The Bertz CT molecular complexity index is 544. The monoisotopic (exact) mass is 242 g/mol. The van der Waals surface area contributed by atoms with Crippen LogP contribution in [0.15, 0.2) is 42.5 Å². The summed E-state index contributed by atoms with van der Waals surface area (Å²) >= 11 is 0. The Labute approximate surface area is 105 Å². The van der Waals surface area contributed by atoms with Crippen molar-refractivity contribution in [2.45, 2.75) is 12.8 Å². The van der Waals surface area contributed by atoms with Crippen molar-refractivity contribution in [1.82, 2.24) is 0 Å². The number of hydrogen-bond acceptors (Lipinski definition) is 3. The van der Waals surface area contributed by atoms with Crippen LogP contribution in [0.2, 0.25) is 0 Å². The molecule has 0 saturated heterocycles. The largest absolute Gasteiger partial charge is 0.504 e. The first kappa shape index (κ1) is 12.2. The summed E-state index contributed by atoms with van der Waals surface area (Å²) in [6.45, 7) is 0. The van der Waals surface area contributed by atoms with Crippen LogP contribution >= 0.6 is 0 Å². The van der Waals surface area contributed by atoms with Gasteiger partial charge in [-0.05, 0) is 36.1 Å². The third-order valence-corrected chi connectivity index (χ3v) is 2.86. The highest BCUT2D eigenvalue weighted by Crippen LogP contribution is 2.25. The predicted molar refractivity (Wildman–Crippen MR) is 69.0 cm³/mol. The highest BCUT2D eigenvalue weighted by atomic mass is 16.3. The molecule has 0 aliphatic carbocycles. The number of carbonyl (C=O) groups is 1. The van der Waals surface area contributed by atoms with Crippen LogP contribution in [0, 0.1) is 0 Å². The molecule has 0 amide bonds.